The second-order valence-corrected chi connectivity index (χ2v) is 10.7. The summed E-state index contributed by atoms with van der Waals surface area (Å²) in [6.07, 6.45) is 3.78. The van der Waals surface area contributed by atoms with E-state index >= 15 is 0 Å². The first-order chi connectivity index (χ1) is 20.0. The minimum atomic E-state index is -0.345. The second kappa shape index (κ2) is 15.8. The number of ether oxygens (including phenoxy) is 2. The van der Waals surface area contributed by atoms with Gasteiger partial charge in [0.05, 0.1) is 19.3 Å². The van der Waals surface area contributed by atoms with Crippen molar-refractivity contribution in [3.63, 3.8) is 0 Å². The van der Waals surface area contributed by atoms with E-state index in [1.165, 1.54) is 0 Å². The van der Waals surface area contributed by atoms with Crippen LogP contribution in [0.5, 0.6) is 11.5 Å². The fourth-order valence-corrected chi connectivity index (χ4v) is 5.17. The molecule has 7 nitrogen and oxygen atoms in total. The van der Waals surface area contributed by atoms with Crippen LogP contribution < -0.4 is 14.8 Å². The van der Waals surface area contributed by atoms with E-state index in [0.29, 0.717) is 52.0 Å². The van der Waals surface area contributed by atoms with Gasteiger partial charge in [0, 0.05) is 25.9 Å². The molecule has 3 aromatic rings. The van der Waals surface area contributed by atoms with Gasteiger partial charge in [-0.05, 0) is 79.5 Å². The number of carbonyl (C=O) groups excluding carboxylic acids is 2. The Morgan fingerprint density at radius 3 is 2.15 bits per heavy atom. The van der Waals surface area contributed by atoms with Crippen molar-refractivity contribution in [2.75, 3.05) is 26.3 Å². The topological polar surface area (TPSA) is 88.1 Å². The average molecular weight is 559 g/mol. The molecule has 1 unspecified atom stereocenters. The van der Waals surface area contributed by atoms with Gasteiger partial charge < -0.3 is 24.8 Å². The van der Waals surface area contributed by atoms with Gasteiger partial charge in [-0.2, -0.15) is 0 Å². The maximum absolute atomic E-state index is 12.8. The molecular formula is C34H42N2O5. The molecule has 0 aliphatic carbocycles. The summed E-state index contributed by atoms with van der Waals surface area (Å²) in [7, 11) is 0. The zero-order valence-corrected chi connectivity index (χ0v) is 24.0. The van der Waals surface area contributed by atoms with Crippen molar-refractivity contribution in [3.8, 4) is 11.5 Å². The predicted octanol–water partition coefficient (Wildman–Crippen LogP) is 4.95. The molecule has 0 aromatic heterocycles. The number of carbonyl (C=O) groups is 2. The van der Waals surface area contributed by atoms with E-state index < -0.39 is 0 Å². The molecule has 7 heteroatoms. The van der Waals surface area contributed by atoms with Gasteiger partial charge >= 0.3 is 0 Å². The van der Waals surface area contributed by atoms with Crippen molar-refractivity contribution in [3.05, 3.63) is 95.6 Å². The molecule has 41 heavy (non-hydrogen) atoms. The van der Waals surface area contributed by atoms with Gasteiger partial charge in [0.1, 0.15) is 18.1 Å². The van der Waals surface area contributed by atoms with E-state index in [1.807, 2.05) is 90.7 Å². The highest BCUT2D eigenvalue weighted by atomic mass is 16.5. The Morgan fingerprint density at radius 2 is 1.51 bits per heavy atom. The zero-order chi connectivity index (χ0) is 28.9. The molecule has 4 rings (SSSR count). The van der Waals surface area contributed by atoms with E-state index in [1.54, 1.807) is 0 Å². The highest BCUT2D eigenvalue weighted by Gasteiger charge is 2.25. The Balaban J connectivity index is 1.14. The maximum atomic E-state index is 12.8. The molecule has 0 spiro atoms. The smallest absolute Gasteiger partial charge is 0.222 e. The Kier molecular flexibility index (Phi) is 11.6. The number of aliphatic hydroxyl groups is 1. The largest absolute Gasteiger partial charge is 0.494 e. The molecule has 0 radical (unpaired) electrons. The van der Waals surface area contributed by atoms with Crippen molar-refractivity contribution >= 4 is 11.8 Å². The summed E-state index contributed by atoms with van der Waals surface area (Å²) in [5, 5.41) is 12.9. The normalized spacial score (nSPS) is 14.3. The fourth-order valence-electron chi connectivity index (χ4n) is 5.17. The van der Waals surface area contributed by atoms with Gasteiger partial charge in [-0.1, -0.05) is 54.6 Å². The number of amides is 2. The number of hydrogen-bond donors (Lipinski definition) is 2. The van der Waals surface area contributed by atoms with Gasteiger partial charge in [-0.15, -0.1) is 0 Å². The molecule has 1 aliphatic heterocycles. The maximum Gasteiger partial charge on any atom is 0.222 e. The minimum absolute atomic E-state index is 0.0489. The Labute approximate surface area is 243 Å². The van der Waals surface area contributed by atoms with E-state index in [2.05, 4.69) is 5.32 Å². The van der Waals surface area contributed by atoms with Crippen molar-refractivity contribution < 1.29 is 24.2 Å². The first kappa shape index (κ1) is 30.1. The van der Waals surface area contributed by atoms with E-state index in [-0.39, 0.29) is 30.4 Å². The molecule has 0 bridgehead atoms. The van der Waals surface area contributed by atoms with Crippen LogP contribution in [0.4, 0.5) is 0 Å². The lowest BCUT2D eigenvalue weighted by molar-refractivity contribution is -0.132. The number of likely N-dealkylation sites (tertiary alicyclic amines) is 1. The first-order valence-corrected chi connectivity index (χ1v) is 14.7. The summed E-state index contributed by atoms with van der Waals surface area (Å²) in [6, 6.07) is 25.4. The number of aliphatic hydroxyl groups excluding tert-OH is 1. The average Bonchev–Trinajstić information content (AvgIpc) is 3.01. The zero-order valence-electron chi connectivity index (χ0n) is 24.0. The SMILES string of the molecule is CCOc1ccc(CCC(=O)N2CCC(CC(=O)NC(CO)Cc3ccc(OCc4ccccc4)cc3)CC2)cc1. The highest BCUT2D eigenvalue weighted by molar-refractivity contribution is 5.77. The lowest BCUT2D eigenvalue weighted by Gasteiger charge is -2.32. The van der Waals surface area contributed by atoms with Crippen molar-refractivity contribution in [1.29, 1.82) is 0 Å². The highest BCUT2D eigenvalue weighted by Crippen LogP contribution is 2.22. The van der Waals surface area contributed by atoms with Crippen LogP contribution in [-0.2, 0) is 29.0 Å². The number of nitrogens with one attached hydrogen (secondary N) is 1. The molecule has 2 N–H and O–H groups in total. The number of piperidine rings is 1. The molecule has 1 fully saturated rings. The lowest BCUT2D eigenvalue weighted by Crippen LogP contribution is -2.42. The molecule has 218 valence electrons. The van der Waals surface area contributed by atoms with E-state index in [9.17, 15) is 14.7 Å². The van der Waals surface area contributed by atoms with Crippen LogP contribution in [0.2, 0.25) is 0 Å². The monoisotopic (exact) mass is 558 g/mol. The molecule has 1 atom stereocenters. The van der Waals surface area contributed by atoms with E-state index in [4.69, 9.17) is 9.47 Å². The van der Waals surface area contributed by atoms with E-state index in [0.717, 1.165) is 41.0 Å². The van der Waals surface area contributed by atoms with Crippen LogP contribution in [0.15, 0.2) is 78.9 Å². The first-order valence-electron chi connectivity index (χ1n) is 14.7. The summed E-state index contributed by atoms with van der Waals surface area (Å²) < 4.78 is 11.3. The van der Waals surface area contributed by atoms with Crippen LogP contribution >= 0.6 is 0 Å². The Hall–Kier alpha value is -3.84. The second-order valence-electron chi connectivity index (χ2n) is 10.7. The Morgan fingerprint density at radius 1 is 0.878 bits per heavy atom. The van der Waals surface area contributed by atoms with Crippen molar-refractivity contribution in [2.24, 2.45) is 5.92 Å². The minimum Gasteiger partial charge on any atom is -0.494 e. The third-order valence-corrected chi connectivity index (χ3v) is 7.54. The summed E-state index contributed by atoms with van der Waals surface area (Å²) >= 11 is 0. The summed E-state index contributed by atoms with van der Waals surface area (Å²) in [4.78, 5) is 27.4. The molecule has 3 aromatic carbocycles. The number of rotatable bonds is 14. The van der Waals surface area contributed by atoms with Crippen LogP contribution in [0, 0.1) is 5.92 Å². The fraction of sp³-hybridized carbons (Fsp3) is 0.412. The summed E-state index contributed by atoms with van der Waals surface area (Å²) in [5.41, 5.74) is 3.25. The third kappa shape index (κ3) is 9.94. The molecule has 1 aliphatic rings. The number of nitrogens with zero attached hydrogens (tertiary/aromatic N) is 1. The van der Waals surface area contributed by atoms with Crippen molar-refractivity contribution in [1.82, 2.24) is 10.2 Å². The lowest BCUT2D eigenvalue weighted by atomic mass is 9.92. The van der Waals surface area contributed by atoms with Gasteiger partial charge in [0.15, 0.2) is 0 Å². The van der Waals surface area contributed by atoms with Crippen molar-refractivity contribution in [2.45, 2.75) is 58.1 Å². The molecule has 0 saturated carbocycles. The standard InChI is InChI=1S/C34H42N2O5/c1-2-40-31-13-8-26(9-14-31)12-17-34(39)36-20-18-28(19-21-36)23-33(38)35-30(24-37)22-27-10-15-32(16-11-27)41-25-29-6-4-3-5-7-29/h3-11,13-16,28,30,37H,2,12,17-25H2,1H3,(H,35,38). The van der Waals surface area contributed by atoms with Gasteiger partial charge in [0.2, 0.25) is 11.8 Å². The Bertz CT molecular complexity index is 1210. The van der Waals surface area contributed by atoms with Crippen LogP contribution in [-0.4, -0.2) is 54.2 Å². The molecule has 2 amide bonds. The van der Waals surface area contributed by atoms with Gasteiger partial charge in [-0.25, -0.2) is 0 Å². The third-order valence-electron chi connectivity index (χ3n) is 7.54. The van der Waals surface area contributed by atoms with Gasteiger partial charge in [0.25, 0.3) is 0 Å². The van der Waals surface area contributed by atoms with Crippen LogP contribution in [0.1, 0.15) is 49.3 Å². The number of benzene rings is 3. The summed E-state index contributed by atoms with van der Waals surface area (Å²) in [6.45, 7) is 4.34. The summed E-state index contributed by atoms with van der Waals surface area (Å²) in [5.74, 6) is 1.98. The predicted molar refractivity (Wildman–Crippen MR) is 160 cm³/mol. The van der Waals surface area contributed by atoms with Crippen LogP contribution in [0.3, 0.4) is 0 Å². The number of hydrogen-bond acceptors (Lipinski definition) is 5. The van der Waals surface area contributed by atoms with Gasteiger partial charge in [-0.3, -0.25) is 9.59 Å². The molecular weight excluding hydrogens is 516 g/mol. The van der Waals surface area contributed by atoms with Crippen LogP contribution in [0.25, 0.3) is 0 Å². The quantitative estimate of drug-likeness (QED) is 0.293. The molecule has 1 saturated heterocycles. The molecule has 1 heterocycles. The number of aryl methyl sites for hydroxylation is 1.